The summed E-state index contributed by atoms with van der Waals surface area (Å²) < 4.78 is 0. The van der Waals surface area contributed by atoms with Crippen LogP contribution in [0.1, 0.15) is 50.2 Å². The standard InChI is InChI=1S/C14H18Cl2O/c15-11-7-8-12(13(16)9-11)14(17)10-5-3-1-2-4-6-10/h7-10,14,17H,1-6H2. The van der Waals surface area contributed by atoms with Gasteiger partial charge in [0.2, 0.25) is 0 Å². The normalized spacial score (nSPS) is 19.9. The molecule has 0 bridgehead atoms. The Kier molecular flexibility index (Phi) is 4.72. The van der Waals surface area contributed by atoms with Crippen LogP contribution in [0.2, 0.25) is 10.0 Å². The lowest BCUT2D eigenvalue weighted by molar-refractivity contribution is 0.0989. The van der Waals surface area contributed by atoms with Crippen molar-refractivity contribution in [2.75, 3.05) is 0 Å². The summed E-state index contributed by atoms with van der Waals surface area (Å²) in [5.41, 5.74) is 0.822. The molecule has 3 heteroatoms. The predicted molar refractivity (Wildman–Crippen MR) is 72.6 cm³/mol. The maximum absolute atomic E-state index is 10.4. The summed E-state index contributed by atoms with van der Waals surface area (Å²) in [6.07, 6.45) is 6.76. The maximum atomic E-state index is 10.4. The zero-order valence-electron chi connectivity index (χ0n) is 9.83. The Balaban J connectivity index is 2.14. The van der Waals surface area contributed by atoms with Crippen molar-refractivity contribution in [3.8, 4) is 0 Å². The van der Waals surface area contributed by atoms with Crippen molar-refractivity contribution < 1.29 is 5.11 Å². The zero-order chi connectivity index (χ0) is 12.3. The van der Waals surface area contributed by atoms with Gasteiger partial charge in [-0.2, -0.15) is 0 Å². The summed E-state index contributed by atoms with van der Waals surface area (Å²) in [4.78, 5) is 0. The number of aliphatic hydroxyl groups is 1. The van der Waals surface area contributed by atoms with Crippen molar-refractivity contribution in [3.63, 3.8) is 0 Å². The number of hydrogen-bond acceptors (Lipinski definition) is 1. The van der Waals surface area contributed by atoms with Crippen LogP contribution in [-0.4, -0.2) is 5.11 Å². The van der Waals surface area contributed by atoms with Gasteiger partial charge in [0.15, 0.2) is 0 Å². The molecule has 1 N–H and O–H groups in total. The Bertz CT molecular complexity index is 370. The van der Waals surface area contributed by atoms with Gasteiger partial charge in [-0.1, -0.05) is 55.0 Å². The minimum Gasteiger partial charge on any atom is -0.388 e. The quantitative estimate of drug-likeness (QED) is 0.752. The molecule has 2 rings (SSSR count). The Morgan fingerprint density at radius 2 is 1.71 bits per heavy atom. The van der Waals surface area contributed by atoms with Gasteiger partial charge in [0, 0.05) is 10.0 Å². The molecule has 0 aromatic heterocycles. The third kappa shape index (κ3) is 3.37. The molecule has 1 fully saturated rings. The number of benzene rings is 1. The third-order valence-electron chi connectivity index (χ3n) is 3.63. The molecule has 1 saturated carbocycles. The molecule has 1 unspecified atom stereocenters. The molecule has 1 nitrogen and oxygen atoms in total. The molecule has 0 radical (unpaired) electrons. The van der Waals surface area contributed by atoms with E-state index in [2.05, 4.69) is 0 Å². The molecule has 0 aliphatic heterocycles. The van der Waals surface area contributed by atoms with Gasteiger partial charge < -0.3 is 5.11 Å². The van der Waals surface area contributed by atoms with Gasteiger partial charge in [-0.05, 0) is 36.5 Å². The first-order valence-corrected chi connectivity index (χ1v) is 7.07. The largest absolute Gasteiger partial charge is 0.388 e. The third-order valence-corrected chi connectivity index (χ3v) is 4.19. The number of rotatable bonds is 2. The minimum absolute atomic E-state index is 0.344. The smallest absolute Gasteiger partial charge is 0.0832 e. The summed E-state index contributed by atoms with van der Waals surface area (Å²) >= 11 is 12.0. The van der Waals surface area contributed by atoms with Crippen LogP contribution in [0.15, 0.2) is 18.2 Å². The maximum Gasteiger partial charge on any atom is 0.0832 e. The second-order valence-electron chi connectivity index (χ2n) is 4.86. The number of halogens is 2. The van der Waals surface area contributed by atoms with Crippen LogP contribution in [0.4, 0.5) is 0 Å². The van der Waals surface area contributed by atoms with E-state index in [1.54, 1.807) is 12.1 Å². The van der Waals surface area contributed by atoms with E-state index >= 15 is 0 Å². The molecule has 0 heterocycles. The van der Waals surface area contributed by atoms with E-state index in [9.17, 15) is 5.11 Å². The van der Waals surface area contributed by atoms with Crippen LogP contribution in [0.3, 0.4) is 0 Å². The lowest BCUT2D eigenvalue weighted by Crippen LogP contribution is -2.12. The lowest BCUT2D eigenvalue weighted by Gasteiger charge is -2.22. The molecule has 1 aromatic carbocycles. The monoisotopic (exact) mass is 272 g/mol. The topological polar surface area (TPSA) is 20.2 Å². The van der Waals surface area contributed by atoms with Crippen molar-refractivity contribution in [2.45, 2.75) is 44.6 Å². The number of aliphatic hydroxyl groups excluding tert-OH is 1. The lowest BCUT2D eigenvalue weighted by atomic mass is 9.89. The molecule has 0 amide bonds. The van der Waals surface area contributed by atoms with Crippen molar-refractivity contribution in [1.82, 2.24) is 0 Å². The Morgan fingerprint density at radius 1 is 1.06 bits per heavy atom. The molecule has 1 aliphatic rings. The van der Waals surface area contributed by atoms with E-state index in [1.165, 1.54) is 25.7 Å². The summed E-state index contributed by atoms with van der Waals surface area (Å²) in [7, 11) is 0. The van der Waals surface area contributed by atoms with Crippen molar-refractivity contribution >= 4 is 23.2 Å². The van der Waals surface area contributed by atoms with Crippen LogP contribution >= 0.6 is 23.2 Å². The molecule has 0 saturated heterocycles. The van der Waals surface area contributed by atoms with Crippen LogP contribution in [0.25, 0.3) is 0 Å². The molecule has 1 aliphatic carbocycles. The molecule has 1 atom stereocenters. The first kappa shape index (κ1) is 13.2. The Morgan fingerprint density at radius 3 is 2.29 bits per heavy atom. The summed E-state index contributed by atoms with van der Waals surface area (Å²) in [6, 6.07) is 5.35. The second-order valence-corrected chi connectivity index (χ2v) is 5.71. The second kappa shape index (κ2) is 6.08. The number of hydrogen-bond donors (Lipinski definition) is 1. The molecular formula is C14H18Cl2O. The van der Waals surface area contributed by atoms with Gasteiger partial charge >= 0.3 is 0 Å². The van der Waals surface area contributed by atoms with E-state index in [-0.39, 0.29) is 0 Å². The van der Waals surface area contributed by atoms with Gasteiger partial charge in [0.1, 0.15) is 0 Å². The van der Waals surface area contributed by atoms with Gasteiger partial charge in [-0.25, -0.2) is 0 Å². The van der Waals surface area contributed by atoms with Crippen molar-refractivity contribution in [1.29, 1.82) is 0 Å². The van der Waals surface area contributed by atoms with Gasteiger partial charge in [-0.15, -0.1) is 0 Å². The van der Waals surface area contributed by atoms with Crippen molar-refractivity contribution in [3.05, 3.63) is 33.8 Å². The molecule has 94 valence electrons. The molecular weight excluding hydrogens is 255 g/mol. The SMILES string of the molecule is OC(c1ccc(Cl)cc1Cl)C1CCCCCC1. The van der Waals surface area contributed by atoms with Crippen LogP contribution < -0.4 is 0 Å². The first-order chi connectivity index (χ1) is 8.18. The fourth-order valence-electron chi connectivity index (χ4n) is 2.62. The fraction of sp³-hybridized carbons (Fsp3) is 0.571. The predicted octanol–water partition coefficient (Wildman–Crippen LogP) is 5.00. The van der Waals surface area contributed by atoms with E-state index in [1.807, 2.05) is 6.07 Å². The van der Waals surface area contributed by atoms with Crippen LogP contribution in [-0.2, 0) is 0 Å². The zero-order valence-corrected chi connectivity index (χ0v) is 11.3. The average Bonchev–Trinajstić information content (AvgIpc) is 2.56. The molecule has 17 heavy (non-hydrogen) atoms. The van der Waals surface area contributed by atoms with Crippen molar-refractivity contribution in [2.24, 2.45) is 5.92 Å². The van der Waals surface area contributed by atoms with E-state index in [0.717, 1.165) is 18.4 Å². The van der Waals surface area contributed by atoms with E-state index in [0.29, 0.717) is 16.0 Å². The summed E-state index contributed by atoms with van der Waals surface area (Å²) in [6.45, 7) is 0. The summed E-state index contributed by atoms with van der Waals surface area (Å²) in [5, 5.41) is 11.6. The summed E-state index contributed by atoms with van der Waals surface area (Å²) in [5.74, 6) is 0.344. The Hall–Kier alpha value is -0.240. The van der Waals surface area contributed by atoms with Gasteiger partial charge in [0.05, 0.1) is 6.10 Å². The van der Waals surface area contributed by atoms with E-state index in [4.69, 9.17) is 23.2 Å². The first-order valence-electron chi connectivity index (χ1n) is 6.31. The van der Waals surface area contributed by atoms with Crippen LogP contribution in [0.5, 0.6) is 0 Å². The minimum atomic E-state index is -0.446. The molecule has 1 aromatic rings. The fourth-order valence-corrected chi connectivity index (χ4v) is 3.14. The molecule has 0 spiro atoms. The van der Waals surface area contributed by atoms with Crippen LogP contribution in [0, 0.1) is 5.92 Å². The highest BCUT2D eigenvalue weighted by Gasteiger charge is 2.23. The highest BCUT2D eigenvalue weighted by molar-refractivity contribution is 6.35. The van der Waals surface area contributed by atoms with E-state index < -0.39 is 6.10 Å². The highest BCUT2D eigenvalue weighted by Crippen LogP contribution is 2.36. The average molecular weight is 273 g/mol. The Labute approximate surface area is 113 Å². The highest BCUT2D eigenvalue weighted by atomic mass is 35.5. The van der Waals surface area contributed by atoms with Gasteiger partial charge in [-0.3, -0.25) is 0 Å². The van der Waals surface area contributed by atoms with Gasteiger partial charge in [0.25, 0.3) is 0 Å².